The van der Waals surface area contributed by atoms with Crippen LogP contribution in [0.2, 0.25) is 0 Å². The van der Waals surface area contributed by atoms with E-state index in [2.05, 4.69) is 31.4 Å². The zero-order valence-corrected chi connectivity index (χ0v) is 18.2. The lowest BCUT2D eigenvalue weighted by Gasteiger charge is -2.21. The summed E-state index contributed by atoms with van der Waals surface area (Å²) in [5.41, 5.74) is 2.16. The molecule has 156 valence electrons. The lowest BCUT2D eigenvalue weighted by molar-refractivity contribution is -0.122. The molecule has 0 spiro atoms. The third-order valence-corrected chi connectivity index (χ3v) is 4.51. The van der Waals surface area contributed by atoms with E-state index in [0.717, 1.165) is 0 Å². The van der Waals surface area contributed by atoms with Crippen molar-refractivity contribution in [1.29, 1.82) is 0 Å². The Balaban J connectivity index is 2.12. The maximum Gasteiger partial charge on any atom is 0.265 e. The molecule has 0 aromatic heterocycles. The second-order valence-electron chi connectivity index (χ2n) is 8.45. The Morgan fingerprint density at radius 1 is 1.00 bits per heavy atom. The fraction of sp³-hybridized carbons (Fsp3) is 0.417. The minimum Gasteiger partial charge on any atom is -0.481 e. The van der Waals surface area contributed by atoms with Crippen molar-refractivity contribution in [2.45, 2.75) is 65.5 Å². The van der Waals surface area contributed by atoms with Crippen LogP contribution in [0.5, 0.6) is 5.75 Å². The summed E-state index contributed by atoms with van der Waals surface area (Å²) in [6.07, 6.45) is -0.149. The van der Waals surface area contributed by atoms with Gasteiger partial charge in [0.1, 0.15) is 5.75 Å². The summed E-state index contributed by atoms with van der Waals surface area (Å²) in [6.45, 7) is 12.1. The van der Waals surface area contributed by atoms with E-state index in [9.17, 15) is 9.59 Å². The number of rotatable bonds is 7. The number of hydrogen-bond donors (Lipinski definition) is 2. The molecule has 2 rings (SSSR count). The van der Waals surface area contributed by atoms with Gasteiger partial charge in [-0.05, 0) is 55.5 Å². The van der Waals surface area contributed by atoms with E-state index in [-0.39, 0.29) is 23.3 Å². The Bertz CT molecular complexity index is 836. The second-order valence-corrected chi connectivity index (χ2v) is 8.45. The molecule has 0 heterocycles. The largest absolute Gasteiger partial charge is 0.481 e. The van der Waals surface area contributed by atoms with Gasteiger partial charge < -0.3 is 15.4 Å². The summed E-state index contributed by atoms with van der Waals surface area (Å²) in [7, 11) is 0. The van der Waals surface area contributed by atoms with Crippen LogP contribution in [0.4, 0.5) is 5.69 Å². The van der Waals surface area contributed by atoms with Gasteiger partial charge in [-0.25, -0.2) is 0 Å². The van der Waals surface area contributed by atoms with E-state index in [1.54, 1.807) is 24.3 Å². The van der Waals surface area contributed by atoms with Gasteiger partial charge >= 0.3 is 0 Å². The average molecular weight is 397 g/mol. The molecule has 0 aliphatic rings. The van der Waals surface area contributed by atoms with E-state index in [1.807, 2.05) is 45.0 Å². The highest BCUT2D eigenvalue weighted by Gasteiger charge is 2.21. The standard InChI is InChI=1S/C24H32N2O3/c1-7-21(29-18-14-12-17(13-15-18)24(4,5)6)23(28)26-20-11-9-8-10-19(20)22(27)25-16(2)3/h8-16,21H,7H2,1-6H3,(H,25,27)(H,26,28)/t21-/m1/s1. The van der Waals surface area contributed by atoms with E-state index in [0.29, 0.717) is 23.4 Å². The summed E-state index contributed by atoms with van der Waals surface area (Å²) in [4.78, 5) is 25.2. The topological polar surface area (TPSA) is 67.4 Å². The smallest absolute Gasteiger partial charge is 0.265 e. The molecule has 29 heavy (non-hydrogen) atoms. The van der Waals surface area contributed by atoms with Crippen LogP contribution in [-0.4, -0.2) is 24.0 Å². The van der Waals surface area contributed by atoms with Crippen LogP contribution in [0.15, 0.2) is 48.5 Å². The molecule has 0 unspecified atom stereocenters. The molecular weight excluding hydrogens is 364 g/mol. The van der Waals surface area contributed by atoms with Crippen molar-refractivity contribution in [3.05, 3.63) is 59.7 Å². The fourth-order valence-electron chi connectivity index (χ4n) is 2.86. The monoisotopic (exact) mass is 396 g/mol. The third kappa shape index (κ3) is 6.34. The Kier molecular flexibility index (Phi) is 7.43. The van der Waals surface area contributed by atoms with Crippen molar-refractivity contribution in [3.63, 3.8) is 0 Å². The lowest BCUT2D eigenvalue weighted by atomic mass is 9.87. The minimum absolute atomic E-state index is 0.00838. The maximum absolute atomic E-state index is 12.8. The number of carbonyl (C=O) groups is 2. The van der Waals surface area contributed by atoms with Gasteiger partial charge in [0.25, 0.3) is 11.8 Å². The fourth-order valence-corrected chi connectivity index (χ4v) is 2.86. The van der Waals surface area contributed by atoms with Gasteiger partial charge in [0, 0.05) is 6.04 Å². The van der Waals surface area contributed by atoms with Gasteiger partial charge in [-0.1, -0.05) is 52.0 Å². The molecule has 2 aromatic carbocycles. The number of anilines is 1. The Hall–Kier alpha value is -2.82. The normalized spacial score (nSPS) is 12.4. The predicted octanol–water partition coefficient (Wildman–Crippen LogP) is 4.92. The number of ether oxygens (including phenoxy) is 1. The summed E-state index contributed by atoms with van der Waals surface area (Å²) < 4.78 is 5.92. The van der Waals surface area contributed by atoms with Crippen LogP contribution in [0.3, 0.4) is 0 Å². The van der Waals surface area contributed by atoms with Crippen molar-refractivity contribution in [2.24, 2.45) is 0 Å². The highest BCUT2D eigenvalue weighted by atomic mass is 16.5. The molecule has 0 saturated heterocycles. The molecule has 5 heteroatoms. The molecule has 2 N–H and O–H groups in total. The van der Waals surface area contributed by atoms with Crippen LogP contribution < -0.4 is 15.4 Å². The number of nitrogens with one attached hydrogen (secondary N) is 2. The van der Waals surface area contributed by atoms with Crippen molar-refractivity contribution >= 4 is 17.5 Å². The molecular formula is C24H32N2O3. The zero-order valence-electron chi connectivity index (χ0n) is 18.2. The Labute approximate surface area is 173 Å². The molecule has 0 fully saturated rings. The molecule has 2 amide bonds. The molecule has 0 saturated carbocycles. The maximum atomic E-state index is 12.8. The predicted molar refractivity (Wildman–Crippen MR) is 118 cm³/mol. The quantitative estimate of drug-likeness (QED) is 0.698. The first kappa shape index (κ1) is 22.5. The third-order valence-electron chi connectivity index (χ3n) is 4.51. The van der Waals surface area contributed by atoms with E-state index in [1.165, 1.54) is 5.56 Å². The van der Waals surface area contributed by atoms with Crippen molar-refractivity contribution in [3.8, 4) is 5.75 Å². The van der Waals surface area contributed by atoms with Gasteiger partial charge in [-0.3, -0.25) is 9.59 Å². The Morgan fingerprint density at radius 3 is 2.17 bits per heavy atom. The van der Waals surface area contributed by atoms with Crippen LogP contribution in [0.1, 0.15) is 63.9 Å². The molecule has 0 aliphatic heterocycles. The van der Waals surface area contributed by atoms with E-state index >= 15 is 0 Å². The highest BCUT2D eigenvalue weighted by molar-refractivity contribution is 6.04. The minimum atomic E-state index is -0.656. The number of amides is 2. The van der Waals surface area contributed by atoms with Crippen LogP contribution in [0, 0.1) is 0 Å². The van der Waals surface area contributed by atoms with Gasteiger partial charge in [-0.15, -0.1) is 0 Å². The van der Waals surface area contributed by atoms with Gasteiger partial charge in [0.05, 0.1) is 11.3 Å². The average Bonchev–Trinajstić information content (AvgIpc) is 2.65. The lowest BCUT2D eigenvalue weighted by Crippen LogP contribution is -2.34. The van der Waals surface area contributed by atoms with Crippen LogP contribution in [0.25, 0.3) is 0 Å². The molecule has 2 aromatic rings. The summed E-state index contributed by atoms with van der Waals surface area (Å²) in [6, 6.07) is 14.8. The number of hydrogen-bond acceptors (Lipinski definition) is 3. The molecule has 1 atom stereocenters. The number of benzene rings is 2. The SMILES string of the molecule is CC[C@@H](Oc1ccc(C(C)(C)C)cc1)C(=O)Nc1ccccc1C(=O)NC(C)C. The molecule has 5 nitrogen and oxygen atoms in total. The first-order valence-electron chi connectivity index (χ1n) is 10.1. The van der Waals surface area contributed by atoms with E-state index in [4.69, 9.17) is 4.74 Å². The number of carbonyl (C=O) groups excluding carboxylic acids is 2. The van der Waals surface area contributed by atoms with E-state index < -0.39 is 6.10 Å². The van der Waals surface area contributed by atoms with Crippen molar-refractivity contribution < 1.29 is 14.3 Å². The summed E-state index contributed by atoms with van der Waals surface area (Å²) in [5.74, 6) is 0.144. The first-order chi connectivity index (χ1) is 13.6. The van der Waals surface area contributed by atoms with Crippen molar-refractivity contribution in [2.75, 3.05) is 5.32 Å². The summed E-state index contributed by atoms with van der Waals surface area (Å²) in [5, 5.41) is 5.70. The first-order valence-corrected chi connectivity index (χ1v) is 10.1. The van der Waals surface area contributed by atoms with Gasteiger partial charge in [0.2, 0.25) is 0 Å². The molecule has 0 bridgehead atoms. The van der Waals surface area contributed by atoms with Gasteiger partial charge in [-0.2, -0.15) is 0 Å². The Morgan fingerprint density at radius 2 is 1.62 bits per heavy atom. The van der Waals surface area contributed by atoms with Crippen molar-refractivity contribution in [1.82, 2.24) is 5.32 Å². The second kappa shape index (κ2) is 9.59. The van der Waals surface area contributed by atoms with Crippen LogP contribution >= 0.6 is 0 Å². The zero-order chi connectivity index (χ0) is 21.6. The number of para-hydroxylation sites is 1. The molecule has 0 aliphatic carbocycles. The highest BCUT2D eigenvalue weighted by Crippen LogP contribution is 2.25. The molecule has 0 radical (unpaired) electrons. The summed E-state index contributed by atoms with van der Waals surface area (Å²) >= 11 is 0. The van der Waals surface area contributed by atoms with Gasteiger partial charge in [0.15, 0.2) is 6.10 Å². The van der Waals surface area contributed by atoms with Crippen LogP contribution in [-0.2, 0) is 10.2 Å².